The highest BCUT2D eigenvalue weighted by atomic mass is 16.5. The maximum atomic E-state index is 11.8. The SMILES string of the molecule is C=C1CCC2[C@](C)(CO)[C@H](O)CC[C@]2(C)[C@H]1CC(O)C1=CCOC1=O. The van der Waals surface area contributed by atoms with Gasteiger partial charge in [0.2, 0.25) is 0 Å². The first kappa shape index (κ1) is 18.6. The predicted octanol–water partition coefficient (Wildman–Crippen LogP) is 1.96. The monoisotopic (exact) mass is 350 g/mol. The molecule has 3 N–H and O–H groups in total. The van der Waals surface area contributed by atoms with Crippen LogP contribution in [-0.4, -0.2) is 46.7 Å². The van der Waals surface area contributed by atoms with Crippen molar-refractivity contribution in [1.82, 2.24) is 0 Å². The van der Waals surface area contributed by atoms with Gasteiger partial charge in [-0.05, 0) is 55.4 Å². The number of esters is 1. The summed E-state index contributed by atoms with van der Waals surface area (Å²) in [5.41, 5.74) is 0.749. The maximum absolute atomic E-state index is 11.8. The number of carbonyl (C=O) groups is 1. The molecule has 140 valence electrons. The minimum absolute atomic E-state index is 0.0480. The van der Waals surface area contributed by atoms with Crippen LogP contribution in [0.15, 0.2) is 23.8 Å². The molecule has 2 fully saturated rings. The highest BCUT2D eigenvalue weighted by Gasteiger charge is 2.57. The molecule has 25 heavy (non-hydrogen) atoms. The molecule has 3 aliphatic rings. The van der Waals surface area contributed by atoms with E-state index < -0.39 is 23.6 Å². The first-order chi connectivity index (χ1) is 11.7. The maximum Gasteiger partial charge on any atom is 0.336 e. The van der Waals surface area contributed by atoms with Crippen LogP contribution < -0.4 is 0 Å². The van der Waals surface area contributed by atoms with Crippen molar-refractivity contribution in [3.63, 3.8) is 0 Å². The standard InChI is InChI=1S/C20H30O5/c1-12-4-5-16-19(2,8-6-17(23)20(16,3)11-21)14(12)10-15(22)13-7-9-25-18(13)24/h7,14-17,21-23H,1,4-6,8-11H2,2-3H3/t14-,15?,16?,17+,19+,20-/m0/s1. The van der Waals surface area contributed by atoms with Gasteiger partial charge in [0.15, 0.2) is 0 Å². The second kappa shape index (κ2) is 6.53. The topological polar surface area (TPSA) is 87.0 Å². The number of ether oxygens (including phenoxy) is 1. The summed E-state index contributed by atoms with van der Waals surface area (Å²) in [4.78, 5) is 11.8. The smallest absolute Gasteiger partial charge is 0.336 e. The van der Waals surface area contributed by atoms with Crippen molar-refractivity contribution in [2.24, 2.45) is 22.7 Å². The van der Waals surface area contributed by atoms with Crippen molar-refractivity contribution in [2.75, 3.05) is 13.2 Å². The van der Waals surface area contributed by atoms with Crippen LogP contribution in [0.2, 0.25) is 0 Å². The van der Waals surface area contributed by atoms with E-state index in [2.05, 4.69) is 13.5 Å². The Hall–Kier alpha value is -1.17. The fraction of sp³-hybridized carbons (Fsp3) is 0.750. The van der Waals surface area contributed by atoms with Gasteiger partial charge >= 0.3 is 5.97 Å². The number of fused-ring (bicyclic) bond motifs is 1. The lowest BCUT2D eigenvalue weighted by molar-refractivity contribution is -0.154. The molecule has 0 aromatic carbocycles. The third-order valence-electron chi connectivity index (χ3n) is 7.26. The number of aliphatic hydroxyl groups excluding tert-OH is 3. The highest BCUT2D eigenvalue weighted by molar-refractivity contribution is 5.91. The summed E-state index contributed by atoms with van der Waals surface area (Å²) in [5, 5.41) is 31.2. The summed E-state index contributed by atoms with van der Waals surface area (Å²) in [6.07, 6.45) is 3.89. The van der Waals surface area contributed by atoms with Gasteiger partial charge in [-0.2, -0.15) is 0 Å². The summed E-state index contributed by atoms with van der Waals surface area (Å²) < 4.78 is 4.92. The molecule has 0 amide bonds. The van der Waals surface area contributed by atoms with Crippen LogP contribution in [-0.2, 0) is 9.53 Å². The Morgan fingerprint density at radius 1 is 1.40 bits per heavy atom. The van der Waals surface area contributed by atoms with E-state index in [1.165, 1.54) is 0 Å². The summed E-state index contributed by atoms with van der Waals surface area (Å²) in [6.45, 7) is 8.60. The molecule has 2 aliphatic carbocycles. The molecule has 1 heterocycles. The van der Waals surface area contributed by atoms with E-state index in [-0.39, 0.29) is 30.5 Å². The zero-order chi connectivity index (χ0) is 18.4. The molecular weight excluding hydrogens is 320 g/mol. The molecule has 0 spiro atoms. The summed E-state index contributed by atoms with van der Waals surface area (Å²) >= 11 is 0. The van der Waals surface area contributed by atoms with Gasteiger partial charge in [0.25, 0.3) is 0 Å². The van der Waals surface area contributed by atoms with Crippen molar-refractivity contribution in [3.05, 3.63) is 23.8 Å². The number of cyclic esters (lactones) is 1. The van der Waals surface area contributed by atoms with Gasteiger partial charge < -0.3 is 20.1 Å². The number of rotatable bonds is 4. The molecule has 2 unspecified atom stereocenters. The molecular formula is C20H30O5. The van der Waals surface area contributed by atoms with Crippen LogP contribution in [0.1, 0.15) is 46.0 Å². The molecule has 0 aromatic rings. The van der Waals surface area contributed by atoms with E-state index in [0.717, 1.165) is 24.8 Å². The second-order valence-electron chi connectivity index (χ2n) is 8.54. The van der Waals surface area contributed by atoms with Crippen LogP contribution in [0, 0.1) is 22.7 Å². The number of carbonyl (C=O) groups excluding carboxylic acids is 1. The van der Waals surface area contributed by atoms with Crippen LogP contribution in [0.4, 0.5) is 0 Å². The van der Waals surface area contributed by atoms with Crippen molar-refractivity contribution in [3.8, 4) is 0 Å². The Labute approximate surface area is 149 Å². The van der Waals surface area contributed by atoms with Crippen molar-refractivity contribution in [2.45, 2.75) is 58.2 Å². The molecule has 6 atom stereocenters. The van der Waals surface area contributed by atoms with Crippen LogP contribution >= 0.6 is 0 Å². The molecule has 5 nitrogen and oxygen atoms in total. The summed E-state index contributed by atoms with van der Waals surface area (Å²) in [7, 11) is 0. The summed E-state index contributed by atoms with van der Waals surface area (Å²) in [5.74, 6) is -0.232. The molecule has 0 radical (unpaired) electrons. The highest BCUT2D eigenvalue weighted by Crippen LogP contribution is 2.61. The molecule has 0 aromatic heterocycles. The quantitative estimate of drug-likeness (QED) is 0.533. The van der Waals surface area contributed by atoms with Crippen LogP contribution in [0.3, 0.4) is 0 Å². The molecule has 3 rings (SSSR count). The minimum atomic E-state index is -0.862. The first-order valence-electron chi connectivity index (χ1n) is 9.26. The van der Waals surface area contributed by atoms with Gasteiger partial charge in [-0.1, -0.05) is 26.0 Å². The third-order valence-corrected chi connectivity index (χ3v) is 7.26. The van der Waals surface area contributed by atoms with E-state index in [9.17, 15) is 20.1 Å². The minimum Gasteiger partial charge on any atom is -0.458 e. The Morgan fingerprint density at radius 2 is 2.12 bits per heavy atom. The van der Waals surface area contributed by atoms with Gasteiger partial charge in [-0.15, -0.1) is 0 Å². The lowest BCUT2D eigenvalue weighted by Crippen LogP contribution is -2.57. The predicted molar refractivity (Wildman–Crippen MR) is 93.6 cm³/mol. The molecule has 0 saturated heterocycles. The first-order valence-corrected chi connectivity index (χ1v) is 9.26. The average Bonchev–Trinajstić information content (AvgIpc) is 3.01. The largest absolute Gasteiger partial charge is 0.458 e. The van der Waals surface area contributed by atoms with Gasteiger partial charge in [0.1, 0.15) is 6.61 Å². The average molecular weight is 350 g/mol. The van der Waals surface area contributed by atoms with E-state index in [1.54, 1.807) is 6.08 Å². The molecule has 5 heteroatoms. The summed E-state index contributed by atoms with van der Waals surface area (Å²) in [6, 6.07) is 0. The fourth-order valence-electron chi connectivity index (χ4n) is 5.63. The Bertz CT molecular complexity index is 597. The van der Waals surface area contributed by atoms with Gasteiger partial charge in [-0.3, -0.25) is 0 Å². The molecule has 0 bridgehead atoms. The number of hydrogen-bond acceptors (Lipinski definition) is 5. The van der Waals surface area contributed by atoms with Crippen molar-refractivity contribution in [1.29, 1.82) is 0 Å². The van der Waals surface area contributed by atoms with E-state index in [4.69, 9.17) is 4.74 Å². The lowest BCUT2D eigenvalue weighted by atomic mass is 9.46. The Balaban J connectivity index is 1.88. The number of aliphatic hydroxyl groups is 3. The molecule has 2 saturated carbocycles. The van der Waals surface area contributed by atoms with Gasteiger partial charge in [0, 0.05) is 5.41 Å². The van der Waals surface area contributed by atoms with E-state index in [0.29, 0.717) is 18.4 Å². The van der Waals surface area contributed by atoms with Gasteiger partial charge in [-0.25, -0.2) is 4.79 Å². The fourth-order valence-corrected chi connectivity index (χ4v) is 5.63. The van der Waals surface area contributed by atoms with Crippen molar-refractivity contribution < 1.29 is 24.9 Å². The zero-order valence-electron chi connectivity index (χ0n) is 15.2. The van der Waals surface area contributed by atoms with Crippen LogP contribution in [0.5, 0.6) is 0 Å². The van der Waals surface area contributed by atoms with Gasteiger partial charge in [0.05, 0.1) is 24.4 Å². The number of hydrogen-bond donors (Lipinski definition) is 3. The van der Waals surface area contributed by atoms with E-state index >= 15 is 0 Å². The van der Waals surface area contributed by atoms with Crippen molar-refractivity contribution >= 4 is 5.97 Å². The Morgan fingerprint density at radius 3 is 2.72 bits per heavy atom. The zero-order valence-corrected chi connectivity index (χ0v) is 15.2. The lowest BCUT2D eigenvalue weighted by Gasteiger charge is -2.60. The second-order valence-corrected chi connectivity index (χ2v) is 8.54. The van der Waals surface area contributed by atoms with E-state index in [1.807, 2.05) is 6.92 Å². The van der Waals surface area contributed by atoms with Crippen LogP contribution in [0.25, 0.3) is 0 Å². The molecule has 1 aliphatic heterocycles. The number of allylic oxidation sites excluding steroid dienone is 1. The third kappa shape index (κ3) is 2.86. The Kier molecular flexibility index (Phi) is 4.86. The normalized spacial score (nSPS) is 42.6.